The molecule has 0 aliphatic carbocycles. The van der Waals surface area contributed by atoms with Crippen molar-refractivity contribution in [1.29, 1.82) is 0 Å². The fourth-order valence-electron chi connectivity index (χ4n) is 1.04. The molecule has 1 aliphatic rings. The van der Waals surface area contributed by atoms with Crippen LogP contribution in [0.5, 0.6) is 0 Å². The van der Waals surface area contributed by atoms with E-state index in [-0.39, 0.29) is 0 Å². The second-order valence-electron chi connectivity index (χ2n) is 3.34. The van der Waals surface area contributed by atoms with Gasteiger partial charge in [0.1, 0.15) is 0 Å². The second kappa shape index (κ2) is 3.25. The van der Waals surface area contributed by atoms with Crippen molar-refractivity contribution in [3.63, 3.8) is 0 Å². The third kappa shape index (κ3) is 1.45. The van der Waals surface area contributed by atoms with Gasteiger partial charge in [0.15, 0.2) is 0 Å². The van der Waals surface area contributed by atoms with Gasteiger partial charge in [-0.15, -0.1) is 0 Å². The summed E-state index contributed by atoms with van der Waals surface area (Å²) >= 11 is 0. The van der Waals surface area contributed by atoms with Crippen LogP contribution in [0.4, 0.5) is 0 Å². The lowest BCUT2D eigenvalue weighted by Gasteiger charge is -2.48. The van der Waals surface area contributed by atoms with Crippen molar-refractivity contribution in [2.75, 3.05) is 0 Å². The summed E-state index contributed by atoms with van der Waals surface area (Å²) in [6, 6.07) is 0. The van der Waals surface area contributed by atoms with Gasteiger partial charge in [0.25, 0.3) is 0 Å². The van der Waals surface area contributed by atoms with E-state index in [2.05, 4.69) is 4.43 Å². The van der Waals surface area contributed by atoms with E-state index in [9.17, 15) is 19.2 Å². The van der Waals surface area contributed by atoms with E-state index in [1.807, 2.05) is 0 Å². The van der Waals surface area contributed by atoms with E-state index in [0.29, 0.717) is 0 Å². The molecule has 1 heterocycles. The Labute approximate surface area is 90.8 Å². The van der Waals surface area contributed by atoms with Crippen LogP contribution in [-0.2, 0) is 4.43 Å². The molecule has 96 valence electrons. The first kappa shape index (κ1) is 14.5. The topological polar surface area (TPSA) is 212 Å². The van der Waals surface area contributed by atoms with Crippen LogP contribution in [0.3, 0.4) is 0 Å². The molecule has 0 aromatic carbocycles. The molecule has 10 N–H and O–H groups in total. The minimum Gasteiger partial charge on any atom is -0.409 e. The molecule has 1 saturated heterocycles. The molecule has 0 atom stereocenters. The van der Waals surface area contributed by atoms with Crippen molar-refractivity contribution in [2.24, 2.45) is 0 Å². The van der Waals surface area contributed by atoms with E-state index in [1.165, 1.54) is 0 Å². The zero-order valence-corrected chi connectivity index (χ0v) is 11.4. The Morgan fingerprint density at radius 1 is 0.688 bits per heavy atom. The minimum absolute atomic E-state index is 3.63. The Morgan fingerprint density at radius 2 is 1.06 bits per heavy atom. The molecule has 0 radical (unpaired) electrons. The third-order valence-electron chi connectivity index (χ3n) is 2.17. The monoisotopic (exact) mass is 310 g/mol. The summed E-state index contributed by atoms with van der Waals surface area (Å²) in [4.78, 5) is 73.2. The van der Waals surface area contributed by atoms with Crippen LogP contribution in [0.15, 0.2) is 0 Å². The van der Waals surface area contributed by atoms with Gasteiger partial charge in [-0.25, -0.2) is 0 Å². The van der Waals surface area contributed by atoms with Gasteiger partial charge in [0, 0.05) is 0 Å². The smallest absolute Gasteiger partial charge is 0.409 e. The van der Waals surface area contributed by atoms with Crippen LogP contribution in [0.25, 0.3) is 0 Å². The normalized spacial score (nSPS) is 33.4. The molecule has 0 aromatic rings. The number of hydrogen-bond donors (Lipinski definition) is 10. The molecule has 1 rings (SSSR count). The average molecular weight is 310 g/mol. The Kier molecular flexibility index (Phi) is 2.94. The second-order valence-corrected chi connectivity index (χ2v) is 24.9. The van der Waals surface area contributed by atoms with Crippen molar-refractivity contribution in [1.82, 2.24) is 0 Å². The van der Waals surface area contributed by atoms with Gasteiger partial charge in [-0.1, -0.05) is 0 Å². The summed E-state index contributed by atoms with van der Waals surface area (Å²) in [5.41, 5.74) is -4.01. The van der Waals surface area contributed by atoms with Crippen LogP contribution in [0.1, 0.15) is 0 Å². The molecule has 0 bridgehead atoms. The van der Waals surface area contributed by atoms with Crippen LogP contribution < -0.4 is 0 Å². The molecule has 16 heavy (non-hydrogen) atoms. The van der Waals surface area contributed by atoms with Crippen LogP contribution in [0, 0.1) is 0 Å². The fourth-order valence-corrected chi connectivity index (χ4v) is 29.3. The van der Waals surface area contributed by atoms with E-state index in [4.69, 9.17) is 29.4 Å². The Morgan fingerprint density at radius 3 is 1.44 bits per heavy atom. The first-order valence-corrected chi connectivity index (χ1v) is 14.1. The molecule has 1 aliphatic heterocycles. The summed E-state index contributed by atoms with van der Waals surface area (Å²) in [6.45, 7) is 0. The van der Waals surface area contributed by atoms with Crippen molar-refractivity contribution < 1.29 is 53.0 Å². The van der Waals surface area contributed by atoms with Crippen LogP contribution in [0.2, 0.25) is 0 Å². The zero-order chi connectivity index (χ0) is 13.2. The van der Waals surface area contributed by atoms with Crippen molar-refractivity contribution >= 4 is 31.6 Å². The lowest BCUT2D eigenvalue weighted by molar-refractivity contribution is -0.267. The highest BCUT2D eigenvalue weighted by Gasteiger charge is 2.93. The number of rotatable bonds is 0. The molecule has 11 nitrogen and oxygen atoms in total. The molecule has 0 amide bonds. The van der Waals surface area contributed by atoms with Crippen LogP contribution in [-0.4, -0.2) is 85.8 Å². The molecular formula is CH10O11Si4. The highest BCUT2D eigenvalue weighted by atomic mass is 29.9. The summed E-state index contributed by atoms with van der Waals surface area (Å²) in [7, 11) is -23.1. The standard InChI is InChI=1S/CH10O11Si4/c2-1(3)12-14(6,7)16(10,11)15(8,9)13(1,4)5/h2-11H. The summed E-state index contributed by atoms with van der Waals surface area (Å²) < 4.78 is 3.63. The zero-order valence-electron chi connectivity index (χ0n) is 7.38. The van der Waals surface area contributed by atoms with E-state index >= 15 is 0 Å². The highest BCUT2D eigenvalue weighted by Crippen LogP contribution is 2.36. The summed E-state index contributed by atoms with van der Waals surface area (Å²) in [5.74, 6) is 0. The Balaban J connectivity index is 3.43. The first-order chi connectivity index (χ1) is 6.71. The van der Waals surface area contributed by atoms with Gasteiger partial charge in [-0.3, -0.25) is 0 Å². The molecule has 0 saturated carbocycles. The molecule has 0 aromatic heterocycles. The van der Waals surface area contributed by atoms with Crippen molar-refractivity contribution in [3.05, 3.63) is 0 Å². The summed E-state index contributed by atoms with van der Waals surface area (Å²) in [6.07, 6.45) is 0. The van der Waals surface area contributed by atoms with E-state index in [0.717, 1.165) is 0 Å². The number of hydrogen-bond acceptors (Lipinski definition) is 11. The molecule has 1 fully saturated rings. The Bertz CT molecular complexity index is 277. The third-order valence-corrected chi connectivity index (χ3v) is 31.2. The van der Waals surface area contributed by atoms with Gasteiger partial charge in [-0.2, -0.15) is 0 Å². The molecule has 15 heteroatoms. The van der Waals surface area contributed by atoms with Gasteiger partial charge in [0.2, 0.25) is 0 Å². The predicted octanol–water partition coefficient (Wildman–Crippen LogP) is -7.37. The van der Waals surface area contributed by atoms with Crippen LogP contribution >= 0.6 is 0 Å². The summed E-state index contributed by atoms with van der Waals surface area (Å²) in [5, 5.41) is 17.9. The maximum absolute atomic E-state index is 9.23. The lowest BCUT2D eigenvalue weighted by Crippen LogP contribution is -2.99. The maximum atomic E-state index is 9.23. The first-order valence-electron chi connectivity index (χ1n) is 3.64. The number of aliphatic hydroxyl groups is 2. The fraction of sp³-hybridized carbons (Fsp3) is 1.00. The lowest BCUT2D eigenvalue weighted by atomic mass is 11.3. The Hall–Kier alpha value is 0.428. The van der Waals surface area contributed by atoms with Gasteiger partial charge in [-0.05, 0) is 0 Å². The maximum Gasteiger partial charge on any atom is 0.539 e. The van der Waals surface area contributed by atoms with Gasteiger partial charge >= 0.3 is 37.2 Å². The average Bonchev–Trinajstić information content (AvgIpc) is 1.98. The van der Waals surface area contributed by atoms with Gasteiger partial charge in [0.05, 0.1) is 0 Å². The molecule has 0 unspecified atom stereocenters. The highest BCUT2D eigenvalue weighted by molar-refractivity contribution is 7.73. The largest absolute Gasteiger partial charge is 0.539 e. The van der Waals surface area contributed by atoms with E-state index in [1.54, 1.807) is 0 Å². The molecular weight excluding hydrogens is 300 g/mol. The quantitative estimate of drug-likeness (QED) is 0.150. The van der Waals surface area contributed by atoms with Crippen molar-refractivity contribution in [3.8, 4) is 0 Å². The SMILES string of the molecule is OC1(O)O[Si](O)(O)[Si](O)(O)[Si](O)(O)[Si]1(O)O. The van der Waals surface area contributed by atoms with Crippen molar-refractivity contribution in [2.45, 2.75) is 5.60 Å². The van der Waals surface area contributed by atoms with E-state index < -0.39 is 37.2 Å². The molecule has 0 spiro atoms. The predicted molar refractivity (Wildman–Crippen MR) is 49.0 cm³/mol. The minimum atomic E-state index is -5.88. The van der Waals surface area contributed by atoms with Gasteiger partial charge < -0.3 is 53.0 Å².